The minimum atomic E-state index is -0.154. The number of hydrogen-bond donors (Lipinski definition) is 1. The number of hydrogen-bond acceptors (Lipinski definition) is 2. The van der Waals surface area contributed by atoms with Gasteiger partial charge in [-0.3, -0.25) is 4.90 Å². The standard InChI is InChI=1S/C13H19FN2/c1-10(12-3-2-4-13(14)7-12)16-6-5-11(8-15)9-16/h2-4,7,10-11H,5-6,8-9,15H2,1H3. The van der Waals surface area contributed by atoms with Crippen molar-refractivity contribution in [2.45, 2.75) is 19.4 Å². The molecule has 0 saturated carbocycles. The summed E-state index contributed by atoms with van der Waals surface area (Å²) in [5.41, 5.74) is 6.73. The van der Waals surface area contributed by atoms with Crippen molar-refractivity contribution in [3.63, 3.8) is 0 Å². The van der Waals surface area contributed by atoms with E-state index in [1.807, 2.05) is 6.07 Å². The first kappa shape index (κ1) is 11.6. The average molecular weight is 222 g/mol. The van der Waals surface area contributed by atoms with E-state index in [4.69, 9.17) is 5.73 Å². The second-order valence-electron chi connectivity index (χ2n) is 4.62. The van der Waals surface area contributed by atoms with Crippen LogP contribution in [0.1, 0.15) is 24.9 Å². The van der Waals surface area contributed by atoms with E-state index in [1.54, 1.807) is 12.1 Å². The Bertz CT molecular complexity index is 354. The fourth-order valence-corrected chi connectivity index (χ4v) is 2.38. The van der Waals surface area contributed by atoms with Gasteiger partial charge in [0, 0.05) is 12.6 Å². The molecule has 0 radical (unpaired) electrons. The third-order valence-corrected chi connectivity index (χ3v) is 3.53. The van der Waals surface area contributed by atoms with Crippen molar-refractivity contribution in [1.82, 2.24) is 4.90 Å². The number of nitrogens with zero attached hydrogens (tertiary/aromatic N) is 1. The van der Waals surface area contributed by atoms with E-state index in [9.17, 15) is 4.39 Å². The number of rotatable bonds is 3. The van der Waals surface area contributed by atoms with E-state index in [0.717, 1.165) is 31.6 Å². The van der Waals surface area contributed by atoms with Gasteiger partial charge in [-0.1, -0.05) is 12.1 Å². The largest absolute Gasteiger partial charge is 0.330 e. The zero-order valence-electron chi connectivity index (χ0n) is 9.70. The van der Waals surface area contributed by atoms with E-state index in [0.29, 0.717) is 5.92 Å². The summed E-state index contributed by atoms with van der Waals surface area (Å²) in [5, 5.41) is 0. The molecule has 2 nitrogen and oxygen atoms in total. The summed E-state index contributed by atoms with van der Waals surface area (Å²) in [6.45, 7) is 4.99. The quantitative estimate of drug-likeness (QED) is 0.849. The normalized spacial score (nSPS) is 23.6. The van der Waals surface area contributed by atoms with Gasteiger partial charge in [0.05, 0.1) is 0 Å². The van der Waals surface area contributed by atoms with Gasteiger partial charge >= 0.3 is 0 Å². The van der Waals surface area contributed by atoms with Crippen LogP contribution in [0.15, 0.2) is 24.3 Å². The van der Waals surface area contributed by atoms with Gasteiger partial charge in [0.1, 0.15) is 5.82 Å². The van der Waals surface area contributed by atoms with E-state index < -0.39 is 0 Å². The summed E-state index contributed by atoms with van der Waals surface area (Å²) >= 11 is 0. The molecular weight excluding hydrogens is 203 g/mol. The first-order chi connectivity index (χ1) is 7.70. The fraction of sp³-hybridized carbons (Fsp3) is 0.538. The zero-order chi connectivity index (χ0) is 11.5. The van der Waals surface area contributed by atoms with Gasteiger partial charge in [0.15, 0.2) is 0 Å². The number of nitrogens with two attached hydrogens (primary N) is 1. The Kier molecular flexibility index (Phi) is 3.56. The van der Waals surface area contributed by atoms with E-state index >= 15 is 0 Å². The molecule has 1 saturated heterocycles. The average Bonchev–Trinajstić information content (AvgIpc) is 2.76. The molecule has 0 bridgehead atoms. The maximum Gasteiger partial charge on any atom is 0.123 e. The van der Waals surface area contributed by atoms with E-state index in [1.165, 1.54) is 6.07 Å². The van der Waals surface area contributed by atoms with Gasteiger partial charge in [0.2, 0.25) is 0 Å². The molecule has 1 heterocycles. The Morgan fingerprint density at radius 2 is 2.38 bits per heavy atom. The molecule has 2 atom stereocenters. The topological polar surface area (TPSA) is 29.3 Å². The Hall–Kier alpha value is -0.930. The molecule has 1 fully saturated rings. The Morgan fingerprint density at radius 3 is 3.00 bits per heavy atom. The fourth-order valence-electron chi connectivity index (χ4n) is 2.38. The molecule has 1 aromatic rings. The summed E-state index contributed by atoms with van der Waals surface area (Å²) in [6, 6.07) is 7.16. The van der Waals surface area contributed by atoms with Crippen LogP contribution in [-0.4, -0.2) is 24.5 Å². The van der Waals surface area contributed by atoms with E-state index in [-0.39, 0.29) is 11.9 Å². The minimum Gasteiger partial charge on any atom is -0.330 e. The summed E-state index contributed by atoms with van der Waals surface area (Å²) in [4.78, 5) is 2.38. The highest BCUT2D eigenvalue weighted by Gasteiger charge is 2.25. The lowest BCUT2D eigenvalue weighted by molar-refractivity contribution is 0.253. The van der Waals surface area contributed by atoms with Gasteiger partial charge in [-0.05, 0) is 50.0 Å². The zero-order valence-corrected chi connectivity index (χ0v) is 9.70. The number of benzene rings is 1. The smallest absolute Gasteiger partial charge is 0.123 e. The molecule has 0 spiro atoms. The Labute approximate surface area is 96.2 Å². The molecule has 3 heteroatoms. The molecule has 0 amide bonds. The van der Waals surface area contributed by atoms with Crippen molar-refractivity contribution in [2.24, 2.45) is 11.7 Å². The van der Waals surface area contributed by atoms with Crippen molar-refractivity contribution in [3.05, 3.63) is 35.6 Å². The van der Waals surface area contributed by atoms with Gasteiger partial charge < -0.3 is 5.73 Å². The Balaban J connectivity index is 2.05. The van der Waals surface area contributed by atoms with Crippen LogP contribution in [0.25, 0.3) is 0 Å². The first-order valence-corrected chi connectivity index (χ1v) is 5.90. The van der Waals surface area contributed by atoms with E-state index in [2.05, 4.69) is 11.8 Å². The third kappa shape index (κ3) is 2.42. The van der Waals surface area contributed by atoms with Crippen LogP contribution in [0.5, 0.6) is 0 Å². The first-order valence-electron chi connectivity index (χ1n) is 5.90. The molecule has 16 heavy (non-hydrogen) atoms. The number of halogens is 1. The predicted molar refractivity (Wildman–Crippen MR) is 63.5 cm³/mol. The SMILES string of the molecule is CC(c1cccc(F)c1)N1CCC(CN)C1. The highest BCUT2D eigenvalue weighted by Crippen LogP contribution is 2.27. The highest BCUT2D eigenvalue weighted by molar-refractivity contribution is 5.19. The van der Waals surface area contributed by atoms with Crippen molar-refractivity contribution < 1.29 is 4.39 Å². The number of likely N-dealkylation sites (tertiary alicyclic amines) is 1. The molecule has 88 valence electrons. The van der Waals surface area contributed by atoms with Gasteiger partial charge in [-0.15, -0.1) is 0 Å². The summed E-state index contributed by atoms with van der Waals surface area (Å²) in [7, 11) is 0. The van der Waals surface area contributed by atoms with Crippen molar-refractivity contribution >= 4 is 0 Å². The van der Waals surface area contributed by atoms with Crippen LogP contribution in [-0.2, 0) is 0 Å². The Morgan fingerprint density at radius 1 is 1.56 bits per heavy atom. The maximum absolute atomic E-state index is 13.1. The van der Waals surface area contributed by atoms with Crippen molar-refractivity contribution in [2.75, 3.05) is 19.6 Å². The second-order valence-corrected chi connectivity index (χ2v) is 4.62. The lowest BCUT2D eigenvalue weighted by Gasteiger charge is -2.24. The van der Waals surface area contributed by atoms with Crippen LogP contribution in [0.3, 0.4) is 0 Å². The third-order valence-electron chi connectivity index (χ3n) is 3.53. The lowest BCUT2D eigenvalue weighted by Crippen LogP contribution is -2.26. The molecule has 1 aliphatic rings. The second kappa shape index (κ2) is 4.93. The van der Waals surface area contributed by atoms with Gasteiger partial charge in [0.25, 0.3) is 0 Å². The van der Waals surface area contributed by atoms with Crippen molar-refractivity contribution in [3.8, 4) is 0 Å². The molecule has 0 aliphatic carbocycles. The monoisotopic (exact) mass is 222 g/mol. The summed E-state index contributed by atoms with van der Waals surface area (Å²) < 4.78 is 13.1. The van der Waals surface area contributed by atoms with Crippen LogP contribution in [0.4, 0.5) is 4.39 Å². The summed E-state index contributed by atoms with van der Waals surface area (Å²) in [6.07, 6.45) is 1.16. The molecule has 2 rings (SSSR count). The summed E-state index contributed by atoms with van der Waals surface area (Å²) in [5.74, 6) is 0.454. The van der Waals surface area contributed by atoms with Crippen LogP contribution in [0.2, 0.25) is 0 Å². The lowest BCUT2D eigenvalue weighted by atomic mass is 10.1. The van der Waals surface area contributed by atoms with Crippen LogP contribution >= 0.6 is 0 Å². The minimum absolute atomic E-state index is 0.154. The molecule has 0 aromatic heterocycles. The predicted octanol–water partition coefficient (Wildman–Crippen LogP) is 2.17. The van der Waals surface area contributed by atoms with Gasteiger partial charge in [-0.2, -0.15) is 0 Å². The molecule has 1 aromatic carbocycles. The molecule has 2 unspecified atom stereocenters. The highest BCUT2D eigenvalue weighted by atomic mass is 19.1. The van der Waals surface area contributed by atoms with Gasteiger partial charge in [-0.25, -0.2) is 4.39 Å². The van der Waals surface area contributed by atoms with Crippen LogP contribution < -0.4 is 5.73 Å². The van der Waals surface area contributed by atoms with Crippen molar-refractivity contribution in [1.29, 1.82) is 0 Å². The van der Waals surface area contributed by atoms with Crippen LogP contribution in [0, 0.1) is 11.7 Å². The maximum atomic E-state index is 13.1. The molecule has 2 N–H and O–H groups in total. The molecule has 1 aliphatic heterocycles. The molecular formula is C13H19FN2.